The Labute approximate surface area is 241 Å². The van der Waals surface area contributed by atoms with Crippen LogP contribution >= 0.6 is 0 Å². The minimum atomic E-state index is -0.819. The topological polar surface area (TPSA) is 149 Å². The second-order valence-electron chi connectivity index (χ2n) is 9.22. The average Bonchev–Trinajstić information content (AvgIpc) is 3.02. The zero-order valence-electron chi connectivity index (χ0n) is 22.6. The number of carbonyl (C=O) groups excluding carboxylic acids is 4. The quantitative estimate of drug-likeness (QED) is 0.126. The number of Topliss-reactive ketones (excluding diaryl/α,β-unsaturated/α-hetero) is 2. The van der Waals surface area contributed by atoms with Crippen LogP contribution in [0.25, 0.3) is 11.4 Å². The Morgan fingerprint density at radius 2 is 1.62 bits per heavy atom. The van der Waals surface area contributed by atoms with Crippen molar-refractivity contribution in [2.24, 2.45) is 0 Å². The molecule has 0 aliphatic carbocycles. The molecular formula is C31H29N5O6. The molecule has 11 heteroatoms. The molecule has 2 aromatic carbocycles. The predicted molar refractivity (Wildman–Crippen MR) is 155 cm³/mol. The second-order valence-corrected chi connectivity index (χ2v) is 9.22. The van der Waals surface area contributed by atoms with Crippen LogP contribution in [0.15, 0.2) is 96.1 Å². The fourth-order valence-electron chi connectivity index (χ4n) is 4.22. The molecule has 0 fully saturated rings. The Bertz CT molecular complexity index is 1580. The zero-order chi connectivity index (χ0) is 29.7. The summed E-state index contributed by atoms with van der Waals surface area (Å²) < 4.78 is 6.63. The maximum absolute atomic E-state index is 13.3. The number of amides is 2. The Morgan fingerprint density at radius 1 is 0.905 bits per heavy atom. The van der Waals surface area contributed by atoms with Crippen LogP contribution in [-0.4, -0.2) is 45.0 Å². The molecule has 0 bridgehead atoms. The smallest absolute Gasteiger partial charge is 0.278 e. The van der Waals surface area contributed by atoms with Gasteiger partial charge in [0.05, 0.1) is 18.8 Å². The molecule has 42 heavy (non-hydrogen) atoms. The fraction of sp³-hybridized carbons (Fsp3) is 0.194. The summed E-state index contributed by atoms with van der Waals surface area (Å²) in [5.41, 5.74) is 0.495. The molecular weight excluding hydrogens is 538 g/mol. The van der Waals surface area contributed by atoms with E-state index >= 15 is 0 Å². The van der Waals surface area contributed by atoms with Gasteiger partial charge in [0.1, 0.15) is 18.1 Å². The first-order valence-electron chi connectivity index (χ1n) is 13.3. The molecule has 1 atom stereocenters. The van der Waals surface area contributed by atoms with E-state index in [-0.39, 0.29) is 31.0 Å². The third-order valence-corrected chi connectivity index (χ3v) is 6.27. The minimum Gasteiger partial charge on any atom is -0.478 e. The number of carbonyl (C=O) groups is 4. The highest BCUT2D eigenvalue weighted by Gasteiger charge is 2.24. The van der Waals surface area contributed by atoms with Crippen LogP contribution in [-0.2, 0) is 25.7 Å². The van der Waals surface area contributed by atoms with Crippen molar-refractivity contribution < 1.29 is 23.9 Å². The number of anilines is 1. The first kappa shape index (κ1) is 29.5. The summed E-state index contributed by atoms with van der Waals surface area (Å²) in [7, 11) is 0. The largest absolute Gasteiger partial charge is 0.478 e. The Kier molecular flexibility index (Phi) is 10.4. The standard InChI is InChI=1S/C31H29N5O6/c37-21-34-25-19-33-30(23-12-5-2-6-13-23)36(31(25)41)20-28(40)35-24(22-10-3-1-4-11-22)18-27(39)26(38)14-9-17-42-29-15-7-8-16-32-29/h1-8,10-13,15-16,19,21,24H,9,14,17-18,20H2,(H,34,37)(H,35,40). The van der Waals surface area contributed by atoms with E-state index in [1.165, 1.54) is 6.20 Å². The molecule has 2 amide bonds. The molecule has 0 saturated carbocycles. The van der Waals surface area contributed by atoms with Crippen molar-refractivity contribution in [3.63, 3.8) is 0 Å². The molecule has 4 aromatic rings. The van der Waals surface area contributed by atoms with Crippen molar-refractivity contribution >= 4 is 29.6 Å². The maximum Gasteiger partial charge on any atom is 0.278 e. The molecule has 0 spiro atoms. The van der Waals surface area contributed by atoms with E-state index in [9.17, 15) is 24.0 Å². The minimum absolute atomic E-state index is 0.0147. The highest BCUT2D eigenvalue weighted by Crippen LogP contribution is 2.19. The van der Waals surface area contributed by atoms with Crippen molar-refractivity contribution in [2.45, 2.75) is 31.8 Å². The number of ketones is 2. The summed E-state index contributed by atoms with van der Waals surface area (Å²) in [6, 6.07) is 22.0. The van der Waals surface area contributed by atoms with Gasteiger partial charge in [-0.25, -0.2) is 9.97 Å². The number of pyridine rings is 1. The third kappa shape index (κ3) is 8.04. The summed E-state index contributed by atoms with van der Waals surface area (Å²) in [6.07, 6.45) is 3.22. The number of rotatable bonds is 15. The van der Waals surface area contributed by atoms with Gasteiger partial charge in [-0.05, 0) is 18.1 Å². The molecule has 0 saturated heterocycles. The lowest BCUT2D eigenvalue weighted by Crippen LogP contribution is -2.37. The van der Waals surface area contributed by atoms with E-state index in [0.717, 1.165) is 4.57 Å². The van der Waals surface area contributed by atoms with Crippen LogP contribution < -0.4 is 20.9 Å². The average molecular weight is 568 g/mol. The molecule has 0 aliphatic heterocycles. The van der Waals surface area contributed by atoms with E-state index in [1.54, 1.807) is 85.1 Å². The number of aromatic nitrogens is 3. The monoisotopic (exact) mass is 567 g/mol. The van der Waals surface area contributed by atoms with Crippen LogP contribution in [0.3, 0.4) is 0 Å². The van der Waals surface area contributed by atoms with Gasteiger partial charge in [-0.2, -0.15) is 0 Å². The molecule has 0 aliphatic rings. The van der Waals surface area contributed by atoms with E-state index in [2.05, 4.69) is 20.6 Å². The highest BCUT2D eigenvalue weighted by atomic mass is 16.5. The van der Waals surface area contributed by atoms with Crippen molar-refractivity contribution in [3.05, 3.63) is 107 Å². The fourth-order valence-corrected chi connectivity index (χ4v) is 4.22. The van der Waals surface area contributed by atoms with Gasteiger partial charge in [0.2, 0.25) is 24.0 Å². The summed E-state index contributed by atoms with van der Waals surface area (Å²) in [5, 5.41) is 5.09. The summed E-state index contributed by atoms with van der Waals surface area (Å²) in [5.74, 6) is -1.14. The number of ether oxygens (including phenoxy) is 1. The van der Waals surface area contributed by atoms with E-state index in [1.807, 2.05) is 0 Å². The molecule has 1 unspecified atom stereocenters. The van der Waals surface area contributed by atoms with Crippen LogP contribution in [0.1, 0.15) is 30.9 Å². The highest BCUT2D eigenvalue weighted by molar-refractivity contribution is 6.37. The molecule has 4 rings (SSSR count). The molecule has 2 heterocycles. The van der Waals surface area contributed by atoms with Crippen molar-refractivity contribution in [3.8, 4) is 17.3 Å². The molecule has 2 N–H and O–H groups in total. The normalized spacial score (nSPS) is 11.2. The predicted octanol–water partition coefficient (Wildman–Crippen LogP) is 3.12. The van der Waals surface area contributed by atoms with Gasteiger partial charge in [0, 0.05) is 30.7 Å². The van der Waals surface area contributed by atoms with Gasteiger partial charge in [-0.1, -0.05) is 66.7 Å². The van der Waals surface area contributed by atoms with Gasteiger partial charge in [-0.3, -0.25) is 28.5 Å². The first-order valence-corrected chi connectivity index (χ1v) is 13.3. The molecule has 11 nitrogen and oxygen atoms in total. The summed E-state index contributed by atoms with van der Waals surface area (Å²) >= 11 is 0. The van der Waals surface area contributed by atoms with Crippen molar-refractivity contribution in [2.75, 3.05) is 11.9 Å². The van der Waals surface area contributed by atoms with Crippen molar-refractivity contribution in [1.82, 2.24) is 19.9 Å². The van der Waals surface area contributed by atoms with Gasteiger partial charge >= 0.3 is 0 Å². The van der Waals surface area contributed by atoms with Gasteiger partial charge in [0.15, 0.2) is 5.78 Å². The lowest BCUT2D eigenvalue weighted by atomic mass is 9.98. The molecule has 214 valence electrons. The molecule has 0 radical (unpaired) electrons. The van der Waals surface area contributed by atoms with E-state index in [0.29, 0.717) is 29.8 Å². The molecule has 2 aromatic heterocycles. The lowest BCUT2D eigenvalue weighted by molar-refractivity contribution is -0.137. The summed E-state index contributed by atoms with van der Waals surface area (Å²) in [6.45, 7) is -0.222. The third-order valence-electron chi connectivity index (χ3n) is 6.27. The summed E-state index contributed by atoms with van der Waals surface area (Å²) in [4.78, 5) is 71.3. The van der Waals surface area contributed by atoms with Crippen LogP contribution in [0.4, 0.5) is 5.69 Å². The Balaban J connectivity index is 1.46. The van der Waals surface area contributed by atoms with Crippen molar-refractivity contribution in [1.29, 1.82) is 0 Å². The Hall–Kier alpha value is -5.45. The van der Waals surface area contributed by atoms with Crippen LogP contribution in [0.5, 0.6) is 5.88 Å². The lowest BCUT2D eigenvalue weighted by Gasteiger charge is -2.20. The second kappa shape index (κ2) is 14.8. The number of nitrogens with zero attached hydrogens (tertiary/aromatic N) is 3. The number of nitrogens with one attached hydrogen (secondary N) is 2. The Morgan fingerprint density at radius 3 is 2.31 bits per heavy atom. The van der Waals surface area contributed by atoms with Gasteiger partial charge < -0.3 is 15.4 Å². The maximum atomic E-state index is 13.3. The first-order chi connectivity index (χ1) is 20.5. The number of benzene rings is 2. The SMILES string of the molecule is O=CNc1cnc(-c2ccccc2)n(CC(=O)NC(CC(=O)C(=O)CCCOc2ccccn2)c2ccccc2)c1=O. The van der Waals surface area contributed by atoms with E-state index < -0.39 is 35.6 Å². The zero-order valence-corrected chi connectivity index (χ0v) is 22.6. The van der Waals surface area contributed by atoms with Crippen LogP contribution in [0, 0.1) is 0 Å². The van der Waals surface area contributed by atoms with Gasteiger partial charge in [-0.15, -0.1) is 0 Å². The number of hydrogen-bond donors (Lipinski definition) is 2. The van der Waals surface area contributed by atoms with E-state index in [4.69, 9.17) is 4.74 Å². The van der Waals surface area contributed by atoms with Gasteiger partial charge in [0.25, 0.3) is 5.56 Å². The number of hydrogen-bond acceptors (Lipinski definition) is 8. The van der Waals surface area contributed by atoms with Crippen LogP contribution in [0.2, 0.25) is 0 Å².